The van der Waals surface area contributed by atoms with Gasteiger partial charge in [-0.2, -0.15) is 0 Å². The van der Waals surface area contributed by atoms with Gasteiger partial charge in [0.05, 0.1) is 17.5 Å². The summed E-state index contributed by atoms with van der Waals surface area (Å²) in [7, 11) is 1.77. The Morgan fingerprint density at radius 3 is 2.42 bits per heavy atom. The van der Waals surface area contributed by atoms with Crippen molar-refractivity contribution in [3.05, 3.63) is 95.3 Å². The van der Waals surface area contributed by atoms with Crippen LogP contribution in [0.1, 0.15) is 11.4 Å². The monoisotopic (exact) mass is 460 g/mol. The fourth-order valence-corrected chi connectivity index (χ4v) is 3.82. The van der Waals surface area contributed by atoms with Crippen LogP contribution in [-0.2, 0) is 29.0 Å². The standard InChI is InChI=1S/C26H25ClN4O2/c1-30(21-7-3-2-4-8-21)26(33)18-31-23-10-6-5-9-22(23)29-24(31)15-16-28-25(32)17-19-11-13-20(27)14-12-19/h2-14H,15-18H2,1H3,(H,28,32). The Balaban J connectivity index is 1.44. The van der Waals surface area contributed by atoms with Gasteiger partial charge >= 0.3 is 0 Å². The molecule has 168 valence electrons. The Labute approximate surface area is 197 Å². The molecule has 33 heavy (non-hydrogen) atoms. The lowest BCUT2D eigenvalue weighted by molar-refractivity contribution is -0.120. The van der Waals surface area contributed by atoms with E-state index < -0.39 is 0 Å². The second-order valence-electron chi connectivity index (χ2n) is 7.79. The first kappa shape index (κ1) is 22.6. The molecule has 4 rings (SSSR count). The molecule has 7 heteroatoms. The molecule has 1 heterocycles. The smallest absolute Gasteiger partial charge is 0.246 e. The van der Waals surface area contributed by atoms with Crippen molar-refractivity contribution in [1.29, 1.82) is 0 Å². The Morgan fingerprint density at radius 2 is 1.67 bits per heavy atom. The predicted octanol–water partition coefficient (Wildman–Crippen LogP) is 4.25. The molecule has 0 bridgehead atoms. The van der Waals surface area contributed by atoms with Crippen LogP contribution in [0.4, 0.5) is 5.69 Å². The highest BCUT2D eigenvalue weighted by molar-refractivity contribution is 6.30. The summed E-state index contributed by atoms with van der Waals surface area (Å²) in [4.78, 5) is 31.7. The zero-order valence-electron chi connectivity index (χ0n) is 18.4. The lowest BCUT2D eigenvalue weighted by Gasteiger charge is -2.18. The molecule has 0 saturated carbocycles. The highest BCUT2D eigenvalue weighted by Gasteiger charge is 2.17. The fourth-order valence-electron chi connectivity index (χ4n) is 3.69. The topological polar surface area (TPSA) is 67.2 Å². The molecule has 1 N–H and O–H groups in total. The molecule has 0 radical (unpaired) electrons. The maximum Gasteiger partial charge on any atom is 0.246 e. The lowest BCUT2D eigenvalue weighted by Crippen LogP contribution is -2.31. The zero-order chi connectivity index (χ0) is 23.2. The number of rotatable bonds is 8. The second kappa shape index (κ2) is 10.3. The molecular weight excluding hydrogens is 436 g/mol. The quantitative estimate of drug-likeness (QED) is 0.427. The molecular formula is C26H25ClN4O2. The average molecular weight is 461 g/mol. The Kier molecular flexibility index (Phi) is 7.05. The van der Waals surface area contributed by atoms with E-state index in [0.717, 1.165) is 28.1 Å². The molecule has 1 aromatic heterocycles. The molecule has 0 aliphatic rings. The zero-order valence-corrected chi connectivity index (χ0v) is 19.1. The number of fused-ring (bicyclic) bond motifs is 1. The van der Waals surface area contributed by atoms with Crippen molar-refractivity contribution in [3.63, 3.8) is 0 Å². The molecule has 0 fully saturated rings. The van der Waals surface area contributed by atoms with Crippen LogP contribution in [0.2, 0.25) is 5.02 Å². The van der Waals surface area contributed by atoms with Crippen LogP contribution in [0.3, 0.4) is 0 Å². The van der Waals surface area contributed by atoms with Crippen molar-refractivity contribution in [2.75, 3.05) is 18.5 Å². The molecule has 3 aromatic carbocycles. The number of benzene rings is 3. The summed E-state index contributed by atoms with van der Waals surface area (Å²) in [6.45, 7) is 0.596. The van der Waals surface area contributed by atoms with Gasteiger partial charge in [0.15, 0.2) is 0 Å². The van der Waals surface area contributed by atoms with Gasteiger partial charge in [-0.25, -0.2) is 4.98 Å². The third-order valence-electron chi connectivity index (χ3n) is 5.49. The highest BCUT2D eigenvalue weighted by Crippen LogP contribution is 2.18. The first-order chi connectivity index (χ1) is 16.0. The Morgan fingerprint density at radius 1 is 0.970 bits per heavy atom. The van der Waals surface area contributed by atoms with E-state index >= 15 is 0 Å². The van der Waals surface area contributed by atoms with Gasteiger partial charge in [0.2, 0.25) is 11.8 Å². The van der Waals surface area contributed by atoms with Crippen LogP contribution in [0.15, 0.2) is 78.9 Å². The van der Waals surface area contributed by atoms with Gasteiger partial charge in [-0.05, 0) is 42.0 Å². The van der Waals surface area contributed by atoms with Crippen LogP contribution in [-0.4, -0.2) is 35.0 Å². The predicted molar refractivity (Wildman–Crippen MR) is 131 cm³/mol. The fraction of sp³-hybridized carbons (Fsp3) is 0.192. The number of halogens is 1. The maximum atomic E-state index is 13.0. The van der Waals surface area contributed by atoms with Gasteiger partial charge in [0.25, 0.3) is 0 Å². The molecule has 0 aliphatic heterocycles. The van der Waals surface area contributed by atoms with E-state index in [2.05, 4.69) is 5.32 Å². The van der Waals surface area contributed by atoms with Crippen LogP contribution in [0.5, 0.6) is 0 Å². The van der Waals surface area contributed by atoms with E-state index in [1.165, 1.54) is 0 Å². The molecule has 4 aromatic rings. The number of nitrogens with one attached hydrogen (secondary N) is 1. The first-order valence-electron chi connectivity index (χ1n) is 10.8. The number of carbonyl (C=O) groups excluding carboxylic acids is 2. The molecule has 0 aliphatic carbocycles. The van der Waals surface area contributed by atoms with Crippen LogP contribution in [0.25, 0.3) is 11.0 Å². The summed E-state index contributed by atoms with van der Waals surface area (Å²) in [5.41, 5.74) is 3.46. The summed E-state index contributed by atoms with van der Waals surface area (Å²) in [5, 5.41) is 3.59. The molecule has 0 saturated heterocycles. The number of nitrogens with zero attached hydrogens (tertiary/aromatic N) is 3. The van der Waals surface area contributed by atoms with Gasteiger partial charge in [-0.3, -0.25) is 9.59 Å². The van der Waals surface area contributed by atoms with Crippen molar-refractivity contribution < 1.29 is 9.59 Å². The number of hydrogen-bond acceptors (Lipinski definition) is 3. The minimum atomic E-state index is -0.0696. The average Bonchev–Trinajstić information content (AvgIpc) is 3.17. The summed E-state index contributed by atoms with van der Waals surface area (Å²) >= 11 is 5.90. The molecule has 0 atom stereocenters. The van der Waals surface area contributed by atoms with Crippen LogP contribution >= 0.6 is 11.6 Å². The Hall–Kier alpha value is -3.64. The number of para-hydroxylation sites is 3. The lowest BCUT2D eigenvalue weighted by atomic mass is 10.1. The summed E-state index contributed by atoms with van der Waals surface area (Å²) in [5.74, 6) is 0.648. The van der Waals surface area contributed by atoms with E-state index in [4.69, 9.17) is 16.6 Å². The normalized spacial score (nSPS) is 10.8. The van der Waals surface area contributed by atoms with Gasteiger partial charge in [0.1, 0.15) is 12.4 Å². The van der Waals surface area contributed by atoms with Crippen molar-refractivity contribution in [2.24, 2.45) is 0 Å². The number of aromatic nitrogens is 2. The minimum Gasteiger partial charge on any atom is -0.355 e. The maximum absolute atomic E-state index is 13.0. The molecule has 0 unspecified atom stereocenters. The number of amides is 2. The molecule has 6 nitrogen and oxygen atoms in total. The van der Waals surface area contributed by atoms with Gasteiger partial charge in [-0.15, -0.1) is 0 Å². The van der Waals surface area contributed by atoms with Crippen molar-refractivity contribution >= 4 is 40.1 Å². The Bertz CT molecular complexity index is 1250. The van der Waals surface area contributed by atoms with Gasteiger partial charge in [0, 0.05) is 30.7 Å². The number of likely N-dealkylation sites (N-methyl/N-ethyl adjacent to an activating group) is 1. The number of imidazole rings is 1. The van der Waals surface area contributed by atoms with Crippen molar-refractivity contribution in [3.8, 4) is 0 Å². The van der Waals surface area contributed by atoms with E-state index in [9.17, 15) is 9.59 Å². The first-order valence-corrected chi connectivity index (χ1v) is 11.2. The van der Waals surface area contributed by atoms with E-state index in [-0.39, 0.29) is 24.8 Å². The van der Waals surface area contributed by atoms with Gasteiger partial charge < -0.3 is 14.8 Å². The van der Waals surface area contributed by atoms with Crippen molar-refractivity contribution in [1.82, 2.24) is 14.9 Å². The minimum absolute atomic E-state index is 0.0441. The second-order valence-corrected chi connectivity index (χ2v) is 8.23. The number of anilines is 1. The molecule has 2 amide bonds. The third-order valence-corrected chi connectivity index (χ3v) is 5.75. The third kappa shape index (κ3) is 5.59. The van der Waals surface area contributed by atoms with Crippen molar-refractivity contribution in [2.45, 2.75) is 19.4 Å². The number of hydrogen-bond donors (Lipinski definition) is 1. The number of carbonyl (C=O) groups is 2. The van der Waals surface area contributed by atoms with E-state index in [0.29, 0.717) is 18.0 Å². The summed E-state index contributed by atoms with van der Waals surface area (Å²) in [6.07, 6.45) is 0.803. The molecule has 0 spiro atoms. The van der Waals surface area contributed by atoms with E-state index in [1.807, 2.05) is 71.3 Å². The summed E-state index contributed by atoms with van der Waals surface area (Å²) in [6, 6.07) is 24.5. The van der Waals surface area contributed by atoms with E-state index in [1.54, 1.807) is 24.1 Å². The summed E-state index contributed by atoms with van der Waals surface area (Å²) < 4.78 is 1.93. The van der Waals surface area contributed by atoms with Crippen LogP contribution < -0.4 is 10.2 Å². The van der Waals surface area contributed by atoms with Gasteiger partial charge in [-0.1, -0.05) is 54.1 Å². The largest absolute Gasteiger partial charge is 0.355 e. The SMILES string of the molecule is CN(C(=O)Cn1c(CCNC(=O)Cc2ccc(Cl)cc2)nc2ccccc21)c1ccccc1. The van der Waals surface area contributed by atoms with Crippen LogP contribution in [0, 0.1) is 0 Å². The highest BCUT2D eigenvalue weighted by atomic mass is 35.5.